The predicted octanol–water partition coefficient (Wildman–Crippen LogP) is 0.235. The Hall–Kier alpha value is -2.24. The van der Waals surface area contributed by atoms with Gasteiger partial charge in [-0.15, -0.1) is 4.98 Å². The first kappa shape index (κ1) is 9.32. The average Bonchev–Trinajstić information content (AvgIpc) is 2.29. The zero-order valence-corrected chi connectivity index (χ0v) is 7.97. The van der Waals surface area contributed by atoms with Crippen LogP contribution in [0.15, 0.2) is 29.3 Å². The summed E-state index contributed by atoms with van der Waals surface area (Å²) in [6.07, 6.45) is 3.23. The van der Waals surface area contributed by atoms with Crippen LogP contribution in [0.5, 0.6) is 6.01 Å². The largest absolute Gasteiger partial charge is 0.467 e. The van der Waals surface area contributed by atoms with Gasteiger partial charge in [0.15, 0.2) is 0 Å². The van der Waals surface area contributed by atoms with E-state index in [-0.39, 0.29) is 6.01 Å². The van der Waals surface area contributed by atoms with Crippen LogP contribution in [0.1, 0.15) is 0 Å². The molecule has 2 aromatic rings. The van der Waals surface area contributed by atoms with Crippen molar-refractivity contribution in [2.75, 3.05) is 7.11 Å². The zero-order valence-electron chi connectivity index (χ0n) is 7.97. The first-order valence-electron chi connectivity index (χ1n) is 4.22. The highest BCUT2D eigenvalue weighted by atomic mass is 16.5. The minimum atomic E-state index is -0.492. The second kappa shape index (κ2) is 3.87. The van der Waals surface area contributed by atoms with Gasteiger partial charge in [0.1, 0.15) is 5.82 Å². The topological polar surface area (TPSA) is 80.8 Å². The maximum atomic E-state index is 11.1. The number of nitrogens with one attached hydrogen (secondary N) is 1. The molecule has 0 spiro atoms. The summed E-state index contributed by atoms with van der Waals surface area (Å²) < 4.78 is 4.80. The molecule has 6 heteroatoms. The van der Waals surface area contributed by atoms with Gasteiger partial charge in [-0.2, -0.15) is 4.98 Å². The molecule has 0 aliphatic rings. The Morgan fingerprint density at radius 1 is 1.27 bits per heavy atom. The molecule has 2 heterocycles. The SMILES string of the molecule is COc1nc(-c2ccncc2)[nH]c(=O)n1. The molecule has 0 unspecified atom stereocenters. The second-order valence-corrected chi connectivity index (χ2v) is 2.72. The Balaban J connectivity index is 2.54. The Morgan fingerprint density at radius 2 is 2.00 bits per heavy atom. The molecule has 2 aromatic heterocycles. The van der Waals surface area contributed by atoms with Crippen LogP contribution < -0.4 is 10.4 Å². The molecule has 0 radical (unpaired) electrons. The fourth-order valence-electron chi connectivity index (χ4n) is 1.10. The van der Waals surface area contributed by atoms with Crippen molar-refractivity contribution in [1.82, 2.24) is 19.9 Å². The Labute approximate surface area is 85.0 Å². The minimum Gasteiger partial charge on any atom is -0.467 e. The Kier molecular flexibility index (Phi) is 2.40. The molecule has 0 saturated carbocycles. The van der Waals surface area contributed by atoms with Gasteiger partial charge in [-0.25, -0.2) is 4.79 Å². The molecule has 0 atom stereocenters. The zero-order chi connectivity index (χ0) is 10.7. The first-order valence-corrected chi connectivity index (χ1v) is 4.22. The van der Waals surface area contributed by atoms with Crippen LogP contribution in [-0.2, 0) is 0 Å². The van der Waals surface area contributed by atoms with E-state index in [0.717, 1.165) is 5.56 Å². The lowest BCUT2D eigenvalue weighted by atomic mass is 10.2. The summed E-state index contributed by atoms with van der Waals surface area (Å²) in [7, 11) is 1.41. The van der Waals surface area contributed by atoms with Gasteiger partial charge in [-0.1, -0.05) is 0 Å². The standard InChI is InChI=1S/C9H8N4O2/c1-15-9-12-7(11-8(14)13-9)6-2-4-10-5-3-6/h2-5H,1H3,(H,11,12,13,14). The summed E-state index contributed by atoms with van der Waals surface area (Å²) >= 11 is 0. The molecular weight excluding hydrogens is 196 g/mol. The number of pyridine rings is 1. The number of H-pyrrole nitrogens is 1. The predicted molar refractivity (Wildman–Crippen MR) is 52.4 cm³/mol. The van der Waals surface area contributed by atoms with Crippen LogP contribution in [0.3, 0.4) is 0 Å². The summed E-state index contributed by atoms with van der Waals surface area (Å²) in [6.45, 7) is 0. The van der Waals surface area contributed by atoms with Gasteiger partial charge in [0, 0.05) is 18.0 Å². The van der Waals surface area contributed by atoms with Crippen molar-refractivity contribution in [3.63, 3.8) is 0 Å². The maximum Gasteiger partial charge on any atom is 0.351 e. The molecule has 0 saturated heterocycles. The fraction of sp³-hybridized carbons (Fsp3) is 0.111. The number of methoxy groups -OCH3 is 1. The summed E-state index contributed by atoms with van der Waals surface area (Å²) in [5, 5.41) is 0. The third-order valence-electron chi connectivity index (χ3n) is 1.77. The van der Waals surface area contributed by atoms with E-state index in [1.54, 1.807) is 24.5 Å². The van der Waals surface area contributed by atoms with E-state index < -0.39 is 5.69 Å². The van der Waals surface area contributed by atoms with E-state index in [4.69, 9.17) is 4.74 Å². The van der Waals surface area contributed by atoms with Gasteiger partial charge in [-0.3, -0.25) is 9.97 Å². The van der Waals surface area contributed by atoms with E-state index in [0.29, 0.717) is 5.82 Å². The van der Waals surface area contributed by atoms with E-state index in [9.17, 15) is 4.79 Å². The monoisotopic (exact) mass is 204 g/mol. The van der Waals surface area contributed by atoms with Gasteiger partial charge >= 0.3 is 11.7 Å². The highest BCUT2D eigenvalue weighted by Gasteiger charge is 2.04. The average molecular weight is 204 g/mol. The lowest BCUT2D eigenvalue weighted by molar-refractivity contribution is 0.377. The van der Waals surface area contributed by atoms with Crippen LogP contribution in [0.25, 0.3) is 11.4 Å². The molecule has 0 bridgehead atoms. The summed E-state index contributed by atoms with van der Waals surface area (Å²) in [6, 6.07) is 3.51. The normalized spacial score (nSPS) is 9.93. The Bertz CT molecular complexity index is 509. The van der Waals surface area contributed by atoms with Gasteiger partial charge < -0.3 is 4.74 Å². The van der Waals surface area contributed by atoms with Crippen molar-refractivity contribution in [1.29, 1.82) is 0 Å². The number of aromatic amines is 1. The number of hydrogen-bond acceptors (Lipinski definition) is 5. The first-order chi connectivity index (χ1) is 7.29. The van der Waals surface area contributed by atoms with E-state index >= 15 is 0 Å². The third-order valence-corrected chi connectivity index (χ3v) is 1.77. The maximum absolute atomic E-state index is 11.1. The molecule has 2 rings (SSSR count). The lowest BCUT2D eigenvalue weighted by Crippen LogP contribution is -2.14. The minimum absolute atomic E-state index is 0.0468. The third kappa shape index (κ3) is 1.98. The van der Waals surface area contributed by atoms with Crippen molar-refractivity contribution in [2.24, 2.45) is 0 Å². The van der Waals surface area contributed by atoms with Crippen molar-refractivity contribution >= 4 is 0 Å². The van der Waals surface area contributed by atoms with Crippen molar-refractivity contribution < 1.29 is 4.74 Å². The summed E-state index contributed by atoms with van der Waals surface area (Å²) in [4.78, 5) is 25.0. The molecule has 76 valence electrons. The molecular formula is C9H8N4O2. The summed E-state index contributed by atoms with van der Waals surface area (Å²) in [5.41, 5.74) is 0.261. The van der Waals surface area contributed by atoms with E-state index in [2.05, 4.69) is 19.9 Å². The van der Waals surface area contributed by atoms with Gasteiger partial charge in [0.2, 0.25) is 0 Å². The molecule has 0 aromatic carbocycles. The highest BCUT2D eigenvalue weighted by molar-refractivity contribution is 5.53. The second-order valence-electron chi connectivity index (χ2n) is 2.72. The molecule has 0 aliphatic heterocycles. The molecule has 0 aliphatic carbocycles. The number of rotatable bonds is 2. The quantitative estimate of drug-likeness (QED) is 0.757. The lowest BCUT2D eigenvalue weighted by Gasteiger charge is -2.01. The van der Waals surface area contributed by atoms with E-state index in [1.165, 1.54) is 7.11 Å². The van der Waals surface area contributed by atoms with Crippen LogP contribution in [0, 0.1) is 0 Å². The van der Waals surface area contributed by atoms with E-state index in [1.807, 2.05) is 0 Å². The number of ether oxygens (including phenoxy) is 1. The number of aromatic nitrogens is 4. The summed E-state index contributed by atoms with van der Waals surface area (Å²) in [5.74, 6) is 0.411. The highest BCUT2D eigenvalue weighted by Crippen LogP contribution is 2.12. The van der Waals surface area contributed by atoms with Crippen LogP contribution in [0.2, 0.25) is 0 Å². The molecule has 0 amide bonds. The van der Waals surface area contributed by atoms with Crippen molar-refractivity contribution in [2.45, 2.75) is 0 Å². The molecule has 1 N–H and O–H groups in total. The fourth-order valence-corrected chi connectivity index (χ4v) is 1.10. The number of hydrogen-bond donors (Lipinski definition) is 1. The van der Waals surface area contributed by atoms with Gasteiger partial charge in [0.05, 0.1) is 7.11 Å². The smallest absolute Gasteiger partial charge is 0.351 e. The van der Waals surface area contributed by atoms with Crippen molar-refractivity contribution in [3.8, 4) is 17.4 Å². The molecule has 6 nitrogen and oxygen atoms in total. The van der Waals surface area contributed by atoms with Crippen LogP contribution in [0.4, 0.5) is 0 Å². The van der Waals surface area contributed by atoms with Crippen LogP contribution >= 0.6 is 0 Å². The molecule has 15 heavy (non-hydrogen) atoms. The van der Waals surface area contributed by atoms with Crippen LogP contribution in [-0.4, -0.2) is 27.0 Å². The van der Waals surface area contributed by atoms with Gasteiger partial charge in [-0.05, 0) is 12.1 Å². The molecule has 0 fully saturated rings. The Morgan fingerprint density at radius 3 is 2.67 bits per heavy atom. The van der Waals surface area contributed by atoms with Crippen molar-refractivity contribution in [3.05, 3.63) is 35.0 Å². The van der Waals surface area contributed by atoms with Gasteiger partial charge in [0.25, 0.3) is 0 Å². The number of nitrogens with zero attached hydrogens (tertiary/aromatic N) is 3.